The van der Waals surface area contributed by atoms with E-state index in [4.69, 9.17) is 9.84 Å². The molecule has 1 aromatic rings. The maximum absolute atomic E-state index is 14.0. The maximum Gasteiger partial charge on any atom is 0.330 e. The first-order valence-electron chi connectivity index (χ1n) is 5.15. The van der Waals surface area contributed by atoms with Crippen molar-refractivity contribution in [1.29, 1.82) is 0 Å². The van der Waals surface area contributed by atoms with Crippen molar-refractivity contribution in [2.75, 3.05) is 13.7 Å². The molecule has 0 aromatic carbocycles. The number of aromatic amines is 1. The van der Waals surface area contributed by atoms with Crippen LogP contribution in [0.4, 0.5) is 4.39 Å². The first-order chi connectivity index (χ1) is 8.35. The normalized spacial score (nSPS) is 18.1. The fraction of sp³-hybridized carbons (Fsp3) is 0.600. The molecule has 1 aromatic heterocycles. The molecule has 0 spiro atoms. The third kappa shape index (κ3) is 2.66. The molecule has 0 fully saturated rings. The smallest absolute Gasteiger partial charge is 0.330 e. The summed E-state index contributed by atoms with van der Waals surface area (Å²) >= 11 is 0. The van der Waals surface area contributed by atoms with Crippen LogP contribution in [0.5, 0.6) is 0 Å². The number of aromatic nitrogens is 2. The van der Waals surface area contributed by atoms with E-state index in [0.717, 1.165) is 12.3 Å². The van der Waals surface area contributed by atoms with E-state index in [-0.39, 0.29) is 0 Å². The number of nitrogens with zero attached hydrogens (tertiary/aromatic N) is 1. The van der Waals surface area contributed by atoms with Gasteiger partial charge in [0.25, 0.3) is 5.56 Å². The lowest BCUT2D eigenvalue weighted by molar-refractivity contribution is -0.153. The van der Waals surface area contributed by atoms with E-state index >= 15 is 0 Å². The van der Waals surface area contributed by atoms with Crippen molar-refractivity contribution in [3.05, 3.63) is 33.1 Å². The number of rotatable bonds is 5. The van der Waals surface area contributed by atoms with Gasteiger partial charge in [-0.1, -0.05) is 0 Å². The number of methoxy groups -OCH3 is 1. The number of aliphatic hydroxyl groups excluding tert-OH is 2. The number of halogens is 1. The number of ether oxygens (including phenoxy) is 1. The zero-order valence-corrected chi connectivity index (χ0v) is 9.96. The maximum atomic E-state index is 14.0. The van der Waals surface area contributed by atoms with E-state index < -0.39 is 35.9 Å². The summed E-state index contributed by atoms with van der Waals surface area (Å²) in [7, 11) is 1.20. The van der Waals surface area contributed by atoms with E-state index in [9.17, 15) is 19.1 Å². The highest BCUT2D eigenvalue weighted by Crippen LogP contribution is 2.24. The average molecular weight is 262 g/mol. The van der Waals surface area contributed by atoms with Crippen LogP contribution in [0.15, 0.2) is 21.9 Å². The van der Waals surface area contributed by atoms with Crippen LogP contribution in [0, 0.1) is 0 Å². The van der Waals surface area contributed by atoms with Gasteiger partial charge in [0.2, 0.25) is 6.30 Å². The van der Waals surface area contributed by atoms with E-state index in [0.29, 0.717) is 4.57 Å². The highest BCUT2D eigenvalue weighted by Gasteiger charge is 2.39. The van der Waals surface area contributed by atoms with Gasteiger partial charge < -0.3 is 14.9 Å². The molecule has 0 aliphatic heterocycles. The average Bonchev–Trinajstić information content (AvgIpc) is 2.36. The van der Waals surface area contributed by atoms with Crippen molar-refractivity contribution in [2.45, 2.75) is 24.9 Å². The van der Waals surface area contributed by atoms with Crippen LogP contribution in [0.1, 0.15) is 13.2 Å². The van der Waals surface area contributed by atoms with Gasteiger partial charge in [-0.2, -0.15) is 0 Å². The Bertz CT molecular complexity index is 507. The fourth-order valence-corrected chi connectivity index (χ4v) is 1.34. The van der Waals surface area contributed by atoms with E-state index in [2.05, 4.69) is 0 Å². The summed E-state index contributed by atoms with van der Waals surface area (Å²) in [5, 5.41) is 18.8. The number of hydrogen-bond donors (Lipinski definition) is 3. The molecule has 0 unspecified atom stereocenters. The van der Waals surface area contributed by atoms with Crippen LogP contribution in [0.25, 0.3) is 0 Å². The zero-order valence-electron chi connectivity index (χ0n) is 9.96. The Morgan fingerprint density at radius 1 is 1.61 bits per heavy atom. The molecule has 0 saturated heterocycles. The van der Waals surface area contributed by atoms with Crippen molar-refractivity contribution in [2.24, 2.45) is 0 Å². The molecule has 1 heterocycles. The van der Waals surface area contributed by atoms with Crippen molar-refractivity contribution < 1.29 is 19.3 Å². The Hall–Kier alpha value is -1.51. The summed E-state index contributed by atoms with van der Waals surface area (Å²) in [6.07, 6.45) is -3.02. The molecule has 0 amide bonds. The number of hydrogen-bond acceptors (Lipinski definition) is 5. The van der Waals surface area contributed by atoms with Crippen LogP contribution in [-0.2, 0) is 4.74 Å². The second kappa shape index (κ2) is 5.42. The molecule has 0 saturated carbocycles. The highest BCUT2D eigenvalue weighted by atomic mass is 19.1. The third-order valence-corrected chi connectivity index (χ3v) is 2.78. The second-order valence-corrected chi connectivity index (χ2v) is 4.01. The number of alkyl halides is 1. The minimum atomic E-state index is -2.16. The van der Waals surface area contributed by atoms with Crippen LogP contribution in [-0.4, -0.2) is 45.2 Å². The molecule has 0 aliphatic carbocycles. The number of H-pyrrole nitrogens is 1. The molecule has 3 N–H and O–H groups in total. The summed E-state index contributed by atoms with van der Waals surface area (Å²) in [5.41, 5.74) is -3.23. The summed E-state index contributed by atoms with van der Waals surface area (Å²) in [6, 6.07) is 0.948. The third-order valence-electron chi connectivity index (χ3n) is 2.78. The molecule has 102 valence electrons. The lowest BCUT2D eigenvalue weighted by Crippen LogP contribution is -2.50. The van der Waals surface area contributed by atoms with Gasteiger partial charge in [0.05, 0.1) is 6.61 Å². The molecule has 7 nitrogen and oxygen atoms in total. The summed E-state index contributed by atoms with van der Waals surface area (Å²) in [6.45, 7) is 0.657. The largest absolute Gasteiger partial charge is 0.393 e. The minimum Gasteiger partial charge on any atom is -0.393 e. The number of nitrogens with one attached hydrogen (secondary N) is 1. The Morgan fingerprint density at radius 2 is 2.22 bits per heavy atom. The molecule has 8 heteroatoms. The zero-order chi connectivity index (χ0) is 13.9. The van der Waals surface area contributed by atoms with E-state index in [1.165, 1.54) is 14.0 Å². The van der Waals surface area contributed by atoms with Gasteiger partial charge in [0, 0.05) is 19.4 Å². The van der Waals surface area contributed by atoms with Crippen LogP contribution in [0.3, 0.4) is 0 Å². The van der Waals surface area contributed by atoms with E-state index in [1.54, 1.807) is 0 Å². The van der Waals surface area contributed by atoms with Gasteiger partial charge in [0.15, 0.2) is 0 Å². The molecule has 0 bridgehead atoms. The first kappa shape index (κ1) is 14.6. The topological polar surface area (TPSA) is 105 Å². The molecule has 0 aliphatic rings. The van der Waals surface area contributed by atoms with Crippen LogP contribution in [0.2, 0.25) is 0 Å². The van der Waals surface area contributed by atoms with Crippen molar-refractivity contribution in [3.63, 3.8) is 0 Å². The Kier molecular flexibility index (Phi) is 4.38. The molecule has 0 radical (unpaired) electrons. The van der Waals surface area contributed by atoms with Crippen molar-refractivity contribution in [3.8, 4) is 0 Å². The fourth-order valence-electron chi connectivity index (χ4n) is 1.34. The van der Waals surface area contributed by atoms with Gasteiger partial charge in [-0.15, -0.1) is 0 Å². The second-order valence-electron chi connectivity index (χ2n) is 4.01. The first-order valence-corrected chi connectivity index (χ1v) is 5.15. The summed E-state index contributed by atoms with van der Waals surface area (Å²) < 4.78 is 19.3. The Balaban J connectivity index is 3.10. The van der Waals surface area contributed by atoms with Gasteiger partial charge in [-0.25, -0.2) is 9.18 Å². The quantitative estimate of drug-likeness (QED) is 0.616. The molecular formula is C10H15FN2O5. The van der Waals surface area contributed by atoms with Crippen molar-refractivity contribution in [1.82, 2.24) is 9.55 Å². The van der Waals surface area contributed by atoms with Crippen LogP contribution < -0.4 is 11.2 Å². The van der Waals surface area contributed by atoms with Gasteiger partial charge in [-0.3, -0.25) is 14.3 Å². The SMILES string of the molecule is CO[C@](C)(CO)[C@@H](O)[C@@H](F)n1ccc(=O)[nH]c1=O. The summed E-state index contributed by atoms with van der Waals surface area (Å²) in [5.74, 6) is 0. The Morgan fingerprint density at radius 3 is 2.67 bits per heavy atom. The molecule has 1 rings (SSSR count). The molecule has 3 atom stereocenters. The lowest BCUT2D eigenvalue weighted by atomic mass is 9.99. The Labute approximate surface area is 101 Å². The molecular weight excluding hydrogens is 247 g/mol. The molecule has 18 heavy (non-hydrogen) atoms. The van der Waals surface area contributed by atoms with Gasteiger partial charge in [0.1, 0.15) is 11.7 Å². The summed E-state index contributed by atoms with van der Waals surface area (Å²) in [4.78, 5) is 24.0. The van der Waals surface area contributed by atoms with E-state index in [1.807, 2.05) is 4.98 Å². The highest BCUT2D eigenvalue weighted by molar-refractivity contribution is 4.91. The van der Waals surface area contributed by atoms with Crippen LogP contribution >= 0.6 is 0 Å². The standard InChI is InChI=1S/C10H15FN2O5/c1-10(5-14,18-2)7(16)8(11)13-4-3-6(15)12-9(13)17/h3-4,7-8,14,16H,5H2,1-2H3,(H,12,15,17)/t7-,8-,10+/m0/s1. The minimum absolute atomic E-state index is 0.513. The predicted molar refractivity (Wildman–Crippen MR) is 60.0 cm³/mol. The van der Waals surface area contributed by atoms with Gasteiger partial charge >= 0.3 is 5.69 Å². The predicted octanol–water partition coefficient (Wildman–Crippen LogP) is -1.24. The van der Waals surface area contributed by atoms with Gasteiger partial charge in [-0.05, 0) is 6.92 Å². The van der Waals surface area contributed by atoms with Crippen molar-refractivity contribution >= 4 is 0 Å². The lowest BCUT2D eigenvalue weighted by Gasteiger charge is -2.33. The number of aliphatic hydroxyl groups is 2. The monoisotopic (exact) mass is 262 g/mol.